The van der Waals surface area contributed by atoms with Crippen LogP contribution in [0.15, 0.2) is 0 Å². The van der Waals surface area contributed by atoms with Crippen molar-refractivity contribution in [2.45, 2.75) is 200 Å². The SMILES string of the molecule is CC(O)CNCC(C)O.CCCCCCCCCCCCCCCCCCCCCCCCCCCC(=O)O. The monoisotopic (exact) mass is 558 g/mol. The lowest BCUT2D eigenvalue weighted by Gasteiger charge is -2.07. The fourth-order valence-electron chi connectivity index (χ4n) is 4.92. The molecule has 0 aliphatic heterocycles. The van der Waals surface area contributed by atoms with Gasteiger partial charge in [-0.2, -0.15) is 0 Å². The van der Waals surface area contributed by atoms with E-state index in [9.17, 15) is 4.79 Å². The predicted octanol–water partition coefficient (Wildman–Crippen LogP) is 9.57. The Labute approximate surface area is 244 Å². The number of carboxylic acids is 1. The van der Waals surface area contributed by atoms with Gasteiger partial charge in [-0.05, 0) is 20.3 Å². The van der Waals surface area contributed by atoms with Gasteiger partial charge in [-0.3, -0.25) is 4.79 Å². The summed E-state index contributed by atoms with van der Waals surface area (Å²) >= 11 is 0. The smallest absolute Gasteiger partial charge is 0.303 e. The molecule has 0 rings (SSSR count). The van der Waals surface area contributed by atoms with E-state index in [1.54, 1.807) is 13.8 Å². The Morgan fingerprint density at radius 3 is 0.923 bits per heavy atom. The highest BCUT2D eigenvalue weighted by Crippen LogP contribution is 2.15. The van der Waals surface area contributed by atoms with Crippen molar-refractivity contribution in [1.29, 1.82) is 0 Å². The van der Waals surface area contributed by atoms with Crippen LogP contribution in [-0.2, 0) is 4.79 Å². The van der Waals surface area contributed by atoms with E-state index in [0.29, 0.717) is 19.5 Å². The van der Waals surface area contributed by atoms with Crippen molar-refractivity contribution in [2.75, 3.05) is 13.1 Å². The van der Waals surface area contributed by atoms with Crippen LogP contribution in [0.1, 0.15) is 188 Å². The molecule has 39 heavy (non-hydrogen) atoms. The molecule has 0 spiro atoms. The molecule has 0 saturated carbocycles. The van der Waals surface area contributed by atoms with Crippen molar-refractivity contribution in [3.05, 3.63) is 0 Å². The van der Waals surface area contributed by atoms with E-state index in [2.05, 4.69) is 12.2 Å². The standard InChI is InChI=1S/C28H56O2.C6H15NO2/c1-2-3-4-5-6-7-8-9-10-11-12-13-14-15-16-17-18-19-20-21-22-23-24-25-26-27-28(29)30;1-5(8)3-7-4-6(2)9/h2-27H2,1H3,(H,29,30);5-9H,3-4H2,1-2H3. The largest absolute Gasteiger partial charge is 0.481 e. The first kappa shape index (κ1) is 40.5. The van der Waals surface area contributed by atoms with E-state index in [4.69, 9.17) is 15.3 Å². The highest BCUT2D eigenvalue weighted by molar-refractivity contribution is 5.66. The van der Waals surface area contributed by atoms with E-state index < -0.39 is 5.97 Å². The van der Waals surface area contributed by atoms with Crippen LogP contribution in [0.2, 0.25) is 0 Å². The van der Waals surface area contributed by atoms with E-state index in [1.807, 2.05) is 0 Å². The number of aliphatic carboxylic acids is 1. The zero-order valence-corrected chi connectivity index (χ0v) is 26.7. The molecule has 5 nitrogen and oxygen atoms in total. The van der Waals surface area contributed by atoms with Gasteiger partial charge in [0.15, 0.2) is 0 Å². The van der Waals surface area contributed by atoms with Gasteiger partial charge in [0, 0.05) is 19.5 Å². The number of carboxylic acid groups (broad SMARTS) is 1. The fraction of sp³-hybridized carbons (Fsp3) is 0.971. The molecule has 4 N–H and O–H groups in total. The topological polar surface area (TPSA) is 89.8 Å². The van der Waals surface area contributed by atoms with Gasteiger partial charge in [-0.15, -0.1) is 0 Å². The molecule has 0 aromatic carbocycles. The minimum absolute atomic E-state index is 0.330. The Hall–Kier alpha value is -0.650. The highest BCUT2D eigenvalue weighted by atomic mass is 16.4. The molecule has 0 radical (unpaired) electrons. The highest BCUT2D eigenvalue weighted by Gasteiger charge is 1.98. The van der Waals surface area contributed by atoms with Crippen LogP contribution < -0.4 is 5.32 Å². The Bertz CT molecular complexity index is 448. The first-order valence-electron chi connectivity index (χ1n) is 17.2. The molecule has 0 saturated heterocycles. The number of hydrogen-bond acceptors (Lipinski definition) is 4. The normalized spacial score (nSPS) is 12.6. The molecule has 2 atom stereocenters. The number of hydrogen-bond donors (Lipinski definition) is 4. The minimum Gasteiger partial charge on any atom is -0.481 e. The second-order valence-corrected chi connectivity index (χ2v) is 12.0. The lowest BCUT2D eigenvalue weighted by atomic mass is 10.0. The van der Waals surface area contributed by atoms with Crippen molar-refractivity contribution in [3.63, 3.8) is 0 Å². The number of carbonyl (C=O) groups is 1. The van der Waals surface area contributed by atoms with Crippen molar-refractivity contribution in [1.82, 2.24) is 5.32 Å². The van der Waals surface area contributed by atoms with Gasteiger partial charge in [0.25, 0.3) is 0 Å². The fourth-order valence-corrected chi connectivity index (χ4v) is 4.92. The van der Waals surface area contributed by atoms with Crippen molar-refractivity contribution >= 4 is 5.97 Å². The van der Waals surface area contributed by atoms with Crippen LogP contribution in [0.5, 0.6) is 0 Å². The summed E-state index contributed by atoms with van der Waals surface area (Å²) in [6.07, 6.45) is 34.3. The molecule has 5 heteroatoms. The maximum absolute atomic E-state index is 10.4. The molecule has 2 unspecified atom stereocenters. The minimum atomic E-state index is -0.649. The van der Waals surface area contributed by atoms with E-state index in [1.165, 1.54) is 148 Å². The Kier molecular flexibility index (Phi) is 36.7. The maximum atomic E-state index is 10.4. The molecule has 0 aliphatic rings. The summed E-state index contributed by atoms with van der Waals surface area (Å²) in [7, 11) is 0. The van der Waals surface area contributed by atoms with Crippen molar-refractivity contribution in [3.8, 4) is 0 Å². The molecule has 0 heterocycles. The summed E-state index contributed by atoms with van der Waals surface area (Å²) in [5.74, 6) is -0.649. The number of rotatable bonds is 30. The zero-order valence-electron chi connectivity index (χ0n) is 26.7. The summed E-state index contributed by atoms with van der Waals surface area (Å²) in [6, 6.07) is 0. The van der Waals surface area contributed by atoms with Crippen LogP contribution in [0.4, 0.5) is 0 Å². The van der Waals surface area contributed by atoms with Gasteiger partial charge >= 0.3 is 5.97 Å². The van der Waals surface area contributed by atoms with E-state index >= 15 is 0 Å². The number of unbranched alkanes of at least 4 members (excludes halogenated alkanes) is 24. The first-order chi connectivity index (χ1) is 18.9. The summed E-state index contributed by atoms with van der Waals surface area (Å²) in [6.45, 7) is 6.79. The van der Waals surface area contributed by atoms with Crippen LogP contribution >= 0.6 is 0 Å². The molecule has 0 fully saturated rings. The Balaban J connectivity index is 0. The lowest BCUT2D eigenvalue weighted by Crippen LogP contribution is -2.30. The summed E-state index contributed by atoms with van der Waals surface area (Å²) in [5.41, 5.74) is 0. The number of aliphatic hydroxyl groups excluding tert-OH is 2. The van der Waals surface area contributed by atoms with Crippen LogP contribution in [0.25, 0.3) is 0 Å². The molecule has 0 aromatic heterocycles. The van der Waals surface area contributed by atoms with Gasteiger partial charge in [0.1, 0.15) is 0 Å². The van der Waals surface area contributed by atoms with E-state index in [0.717, 1.165) is 12.8 Å². The maximum Gasteiger partial charge on any atom is 0.303 e. The first-order valence-corrected chi connectivity index (χ1v) is 17.2. The molecule has 0 bridgehead atoms. The second-order valence-electron chi connectivity index (χ2n) is 12.0. The molecular formula is C34H71NO4. The second kappa shape index (κ2) is 35.4. The molecular weight excluding hydrogens is 486 g/mol. The van der Waals surface area contributed by atoms with Gasteiger partial charge in [0.05, 0.1) is 12.2 Å². The summed E-state index contributed by atoms with van der Waals surface area (Å²) in [5, 5.41) is 28.9. The molecule has 0 aromatic rings. The molecule has 0 amide bonds. The van der Waals surface area contributed by atoms with Crippen molar-refractivity contribution in [2.24, 2.45) is 0 Å². The van der Waals surface area contributed by atoms with Crippen LogP contribution in [0, 0.1) is 0 Å². The van der Waals surface area contributed by atoms with Gasteiger partial charge in [-0.1, -0.05) is 161 Å². The quantitative estimate of drug-likeness (QED) is 0.0660. The van der Waals surface area contributed by atoms with Gasteiger partial charge in [0.2, 0.25) is 0 Å². The molecule has 0 aliphatic carbocycles. The third kappa shape index (κ3) is 44.6. The zero-order chi connectivity index (χ0) is 29.2. The Morgan fingerprint density at radius 2 is 0.718 bits per heavy atom. The average molecular weight is 558 g/mol. The number of aliphatic hydroxyl groups is 2. The Morgan fingerprint density at radius 1 is 0.487 bits per heavy atom. The number of nitrogens with one attached hydrogen (secondary N) is 1. The lowest BCUT2D eigenvalue weighted by molar-refractivity contribution is -0.137. The van der Waals surface area contributed by atoms with Crippen molar-refractivity contribution < 1.29 is 20.1 Å². The summed E-state index contributed by atoms with van der Waals surface area (Å²) in [4.78, 5) is 10.4. The van der Waals surface area contributed by atoms with Gasteiger partial charge in [-0.25, -0.2) is 0 Å². The predicted molar refractivity (Wildman–Crippen MR) is 170 cm³/mol. The van der Waals surface area contributed by atoms with E-state index in [-0.39, 0.29) is 12.2 Å². The summed E-state index contributed by atoms with van der Waals surface area (Å²) < 4.78 is 0. The molecule has 236 valence electrons. The van der Waals surface area contributed by atoms with Crippen LogP contribution in [0.3, 0.4) is 0 Å². The third-order valence-electron chi connectivity index (χ3n) is 7.37. The average Bonchev–Trinajstić information content (AvgIpc) is 2.88. The van der Waals surface area contributed by atoms with Gasteiger partial charge < -0.3 is 20.6 Å². The van der Waals surface area contributed by atoms with Crippen LogP contribution in [-0.4, -0.2) is 46.6 Å². The third-order valence-corrected chi connectivity index (χ3v) is 7.37.